The van der Waals surface area contributed by atoms with E-state index < -0.39 is 0 Å². The van der Waals surface area contributed by atoms with Gasteiger partial charge in [0.2, 0.25) is 5.89 Å². The quantitative estimate of drug-likeness (QED) is 0.737. The Morgan fingerprint density at radius 3 is 2.35 bits per heavy atom. The Bertz CT molecular complexity index is 882. The van der Waals surface area contributed by atoms with Crippen molar-refractivity contribution in [2.45, 2.75) is 0 Å². The maximum absolute atomic E-state index is 12.7. The number of carbonyl (C=O) groups excluding carboxylic acids is 1. The van der Waals surface area contributed by atoms with Crippen molar-refractivity contribution in [2.24, 2.45) is 0 Å². The van der Waals surface area contributed by atoms with Crippen LogP contribution in [0.25, 0.3) is 11.5 Å². The molecule has 6 heteroatoms. The molecule has 1 aromatic heterocycles. The molecule has 1 aliphatic rings. The van der Waals surface area contributed by atoms with Gasteiger partial charge in [-0.15, -0.1) is 0 Å². The number of anilines is 2. The highest BCUT2D eigenvalue weighted by Gasteiger charge is 2.24. The molecule has 1 aliphatic heterocycles. The Morgan fingerprint density at radius 1 is 0.962 bits per heavy atom. The lowest BCUT2D eigenvalue weighted by molar-refractivity contribution is 0.0741. The summed E-state index contributed by atoms with van der Waals surface area (Å²) in [5.74, 6) is 0.333. The third-order valence-corrected chi connectivity index (χ3v) is 4.57. The lowest BCUT2D eigenvalue weighted by atomic mass is 10.2. The van der Waals surface area contributed by atoms with Gasteiger partial charge in [-0.1, -0.05) is 18.2 Å². The second-order valence-electron chi connectivity index (χ2n) is 6.27. The second-order valence-corrected chi connectivity index (χ2v) is 6.27. The van der Waals surface area contributed by atoms with E-state index in [0.717, 1.165) is 18.7 Å². The van der Waals surface area contributed by atoms with Gasteiger partial charge >= 0.3 is 0 Å². The van der Waals surface area contributed by atoms with Crippen LogP contribution in [0.1, 0.15) is 10.5 Å². The Morgan fingerprint density at radius 2 is 1.65 bits per heavy atom. The fourth-order valence-corrected chi connectivity index (χ4v) is 3.10. The third kappa shape index (κ3) is 3.26. The SMILES string of the molecule is Nc1ccc(-c2nc(C(=O)N3CCN(c4ccccc4)CC3)co2)cc1. The molecule has 1 amide bonds. The van der Waals surface area contributed by atoms with Crippen molar-refractivity contribution in [3.63, 3.8) is 0 Å². The summed E-state index contributed by atoms with van der Waals surface area (Å²) in [5.41, 5.74) is 8.69. The van der Waals surface area contributed by atoms with E-state index in [4.69, 9.17) is 10.2 Å². The van der Waals surface area contributed by atoms with Gasteiger partial charge in [0.25, 0.3) is 5.91 Å². The van der Waals surface area contributed by atoms with Gasteiger partial charge in [0, 0.05) is 43.1 Å². The van der Waals surface area contributed by atoms with Crippen LogP contribution in [-0.4, -0.2) is 42.0 Å². The normalized spacial score (nSPS) is 14.5. The van der Waals surface area contributed by atoms with Crippen LogP contribution < -0.4 is 10.6 Å². The number of amides is 1. The highest BCUT2D eigenvalue weighted by atomic mass is 16.3. The first-order valence-corrected chi connectivity index (χ1v) is 8.61. The fraction of sp³-hybridized carbons (Fsp3) is 0.200. The number of carbonyl (C=O) groups is 1. The van der Waals surface area contributed by atoms with Crippen molar-refractivity contribution in [1.82, 2.24) is 9.88 Å². The first-order valence-electron chi connectivity index (χ1n) is 8.61. The number of nitrogens with two attached hydrogens (primary N) is 1. The van der Waals surface area contributed by atoms with Crippen molar-refractivity contribution in [1.29, 1.82) is 0 Å². The van der Waals surface area contributed by atoms with Crippen LogP contribution in [-0.2, 0) is 0 Å². The number of rotatable bonds is 3. The molecular formula is C20H20N4O2. The van der Waals surface area contributed by atoms with E-state index in [9.17, 15) is 4.79 Å². The van der Waals surface area contributed by atoms with Crippen molar-refractivity contribution < 1.29 is 9.21 Å². The topological polar surface area (TPSA) is 75.6 Å². The molecule has 0 aliphatic carbocycles. The summed E-state index contributed by atoms with van der Waals surface area (Å²) in [6.45, 7) is 2.94. The summed E-state index contributed by atoms with van der Waals surface area (Å²) in [4.78, 5) is 21.2. The van der Waals surface area contributed by atoms with Crippen molar-refractivity contribution in [2.75, 3.05) is 36.8 Å². The highest BCUT2D eigenvalue weighted by molar-refractivity contribution is 5.92. The summed E-state index contributed by atoms with van der Waals surface area (Å²) in [6, 6.07) is 17.5. The molecule has 1 fully saturated rings. The van der Waals surface area contributed by atoms with Gasteiger partial charge in [0.1, 0.15) is 6.26 Å². The first kappa shape index (κ1) is 16.2. The zero-order chi connectivity index (χ0) is 17.9. The van der Waals surface area contributed by atoms with Crippen LogP contribution in [0.5, 0.6) is 0 Å². The minimum atomic E-state index is -0.0943. The number of hydrogen-bond donors (Lipinski definition) is 1. The van der Waals surface area contributed by atoms with Gasteiger partial charge in [-0.25, -0.2) is 4.98 Å². The second kappa shape index (κ2) is 6.92. The zero-order valence-corrected chi connectivity index (χ0v) is 14.3. The molecule has 2 N–H and O–H groups in total. The Kier molecular flexibility index (Phi) is 4.31. The van der Waals surface area contributed by atoms with Gasteiger partial charge < -0.3 is 20.0 Å². The lowest BCUT2D eigenvalue weighted by Crippen LogP contribution is -2.48. The van der Waals surface area contributed by atoms with Crippen LogP contribution in [0.4, 0.5) is 11.4 Å². The summed E-state index contributed by atoms with van der Waals surface area (Å²) >= 11 is 0. The molecule has 0 saturated carbocycles. The van der Waals surface area contributed by atoms with Gasteiger partial charge in [0.05, 0.1) is 0 Å². The minimum absolute atomic E-state index is 0.0943. The van der Waals surface area contributed by atoms with E-state index in [1.165, 1.54) is 12.0 Å². The van der Waals surface area contributed by atoms with Crippen molar-refractivity contribution in [3.8, 4) is 11.5 Å². The molecule has 0 radical (unpaired) electrons. The zero-order valence-electron chi connectivity index (χ0n) is 14.3. The maximum atomic E-state index is 12.7. The lowest BCUT2D eigenvalue weighted by Gasteiger charge is -2.35. The van der Waals surface area contributed by atoms with Gasteiger partial charge in [-0.2, -0.15) is 0 Å². The molecule has 2 heterocycles. The van der Waals surface area contributed by atoms with Crippen molar-refractivity contribution in [3.05, 3.63) is 66.6 Å². The predicted molar refractivity (Wildman–Crippen MR) is 101 cm³/mol. The molecule has 6 nitrogen and oxygen atoms in total. The molecule has 2 aromatic carbocycles. The third-order valence-electron chi connectivity index (χ3n) is 4.57. The van der Waals surface area contributed by atoms with Crippen molar-refractivity contribution >= 4 is 17.3 Å². The molecule has 1 saturated heterocycles. The van der Waals surface area contributed by atoms with Crippen LogP contribution in [0.2, 0.25) is 0 Å². The smallest absolute Gasteiger partial charge is 0.275 e. The van der Waals surface area contributed by atoms with E-state index >= 15 is 0 Å². The molecule has 4 rings (SSSR count). The van der Waals surface area contributed by atoms with Crippen LogP contribution in [0.15, 0.2) is 65.3 Å². The first-order chi connectivity index (χ1) is 12.7. The molecule has 0 spiro atoms. The Hall–Kier alpha value is -3.28. The number of nitrogens with zero attached hydrogens (tertiary/aromatic N) is 3. The highest BCUT2D eigenvalue weighted by Crippen LogP contribution is 2.21. The van der Waals surface area contributed by atoms with Gasteiger partial charge in [-0.3, -0.25) is 4.79 Å². The molecule has 3 aromatic rings. The summed E-state index contributed by atoms with van der Waals surface area (Å²) in [6.07, 6.45) is 1.43. The van der Waals surface area contributed by atoms with Crippen LogP contribution in [0.3, 0.4) is 0 Å². The monoisotopic (exact) mass is 348 g/mol. The summed E-state index contributed by atoms with van der Waals surface area (Å²) in [5, 5.41) is 0. The number of piperazine rings is 1. The molecular weight excluding hydrogens is 328 g/mol. The standard InChI is InChI=1S/C20H20N4O2/c21-16-8-6-15(7-9-16)19-22-18(14-26-19)20(25)24-12-10-23(11-13-24)17-4-2-1-3-5-17/h1-9,14H,10-13,21H2. The maximum Gasteiger partial charge on any atom is 0.275 e. The van der Waals surface area contributed by atoms with Gasteiger partial charge in [-0.05, 0) is 36.4 Å². The number of para-hydroxylation sites is 1. The van der Waals surface area contributed by atoms with E-state index in [2.05, 4.69) is 22.0 Å². The predicted octanol–water partition coefficient (Wildman–Crippen LogP) is 2.89. The summed E-state index contributed by atoms with van der Waals surface area (Å²) < 4.78 is 5.48. The fourth-order valence-electron chi connectivity index (χ4n) is 3.10. The summed E-state index contributed by atoms with van der Waals surface area (Å²) in [7, 11) is 0. The van der Waals surface area contributed by atoms with E-state index in [0.29, 0.717) is 30.4 Å². The van der Waals surface area contributed by atoms with Crippen LogP contribution in [0, 0.1) is 0 Å². The molecule has 132 valence electrons. The van der Waals surface area contributed by atoms with E-state index in [1.807, 2.05) is 35.2 Å². The van der Waals surface area contributed by atoms with E-state index in [-0.39, 0.29) is 5.91 Å². The molecule has 0 atom stereocenters. The van der Waals surface area contributed by atoms with Gasteiger partial charge in [0.15, 0.2) is 5.69 Å². The number of oxazole rings is 1. The number of nitrogen functional groups attached to an aromatic ring is 1. The number of benzene rings is 2. The minimum Gasteiger partial charge on any atom is -0.444 e. The number of hydrogen-bond acceptors (Lipinski definition) is 5. The Balaban J connectivity index is 1.42. The molecule has 0 bridgehead atoms. The Labute approximate surface area is 151 Å². The average molecular weight is 348 g/mol. The van der Waals surface area contributed by atoms with E-state index in [1.54, 1.807) is 12.1 Å². The molecule has 0 unspecified atom stereocenters. The largest absolute Gasteiger partial charge is 0.444 e. The number of aromatic nitrogens is 1. The van der Waals surface area contributed by atoms with Crippen LogP contribution >= 0.6 is 0 Å². The molecule has 26 heavy (non-hydrogen) atoms. The average Bonchev–Trinajstić information content (AvgIpc) is 3.19.